The highest BCUT2D eigenvalue weighted by atomic mass is 16.2. The maximum atomic E-state index is 11.7. The van der Waals surface area contributed by atoms with Gasteiger partial charge in [-0.3, -0.25) is 4.79 Å². The molecular weight excluding hydrogens is 254 g/mol. The number of aldehydes is 1. The molecule has 0 saturated heterocycles. The van der Waals surface area contributed by atoms with Gasteiger partial charge in [0.15, 0.2) is 0 Å². The largest absolute Gasteiger partial charge is 0.323 e. The van der Waals surface area contributed by atoms with Gasteiger partial charge in [-0.25, -0.2) is 4.79 Å². The van der Waals surface area contributed by atoms with Crippen LogP contribution in [-0.2, 0) is 0 Å². The molecule has 0 heterocycles. The minimum Gasteiger partial charge on any atom is -0.308 e. The normalized spacial score (nSPS) is 9.35. The van der Waals surface area contributed by atoms with Gasteiger partial charge in [0.05, 0.1) is 11.6 Å². The van der Waals surface area contributed by atoms with Crippen molar-refractivity contribution in [2.24, 2.45) is 0 Å². The van der Waals surface area contributed by atoms with Gasteiger partial charge >= 0.3 is 6.03 Å². The number of nitriles is 1. The van der Waals surface area contributed by atoms with Crippen molar-refractivity contribution in [2.75, 3.05) is 10.6 Å². The van der Waals surface area contributed by atoms with E-state index < -0.39 is 6.03 Å². The SMILES string of the molecule is N#Cc1ccc(NC(=O)Nc2ccc(C=O)cc2)cc1. The fourth-order valence-electron chi connectivity index (χ4n) is 1.57. The Labute approximate surface area is 115 Å². The number of urea groups is 1. The van der Waals surface area contributed by atoms with Crippen molar-refractivity contribution in [1.82, 2.24) is 0 Å². The van der Waals surface area contributed by atoms with Gasteiger partial charge in [0.25, 0.3) is 0 Å². The average molecular weight is 265 g/mol. The van der Waals surface area contributed by atoms with Crippen LogP contribution in [0.4, 0.5) is 16.2 Å². The molecule has 2 rings (SSSR count). The molecule has 20 heavy (non-hydrogen) atoms. The molecule has 0 aliphatic heterocycles. The minimum atomic E-state index is -0.395. The first-order valence-corrected chi connectivity index (χ1v) is 5.84. The van der Waals surface area contributed by atoms with Crippen LogP contribution in [0.3, 0.4) is 0 Å². The van der Waals surface area contributed by atoms with Gasteiger partial charge in [0.2, 0.25) is 0 Å². The lowest BCUT2D eigenvalue weighted by Crippen LogP contribution is -2.19. The monoisotopic (exact) mass is 265 g/mol. The quantitative estimate of drug-likeness (QED) is 0.837. The van der Waals surface area contributed by atoms with Crippen molar-refractivity contribution in [1.29, 1.82) is 5.26 Å². The molecule has 2 aromatic carbocycles. The van der Waals surface area contributed by atoms with Crippen LogP contribution >= 0.6 is 0 Å². The lowest BCUT2D eigenvalue weighted by Gasteiger charge is -2.07. The fraction of sp³-hybridized carbons (Fsp3) is 0. The second kappa shape index (κ2) is 6.16. The number of carbonyl (C=O) groups excluding carboxylic acids is 2. The van der Waals surface area contributed by atoms with Gasteiger partial charge in [-0.15, -0.1) is 0 Å². The highest BCUT2D eigenvalue weighted by Crippen LogP contribution is 2.11. The molecule has 0 bridgehead atoms. The number of hydrogen-bond donors (Lipinski definition) is 2. The molecule has 2 aromatic rings. The molecule has 0 unspecified atom stereocenters. The van der Waals surface area contributed by atoms with Gasteiger partial charge in [0, 0.05) is 16.9 Å². The first-order valence-electron chi connectivity index (χ1n) is 5.84. The van der Waals surface area contributed by atoms with E-state index in [1.54, 1.807) is 48.5 Å². The van der Waals surface area contributed by atoms with Gasteiger partial charge in [-0.2, -0.15) is 5.26 Å². The topological polar surface area (TPSA) is 82.0 Å². The van der Waals surface area contributed by atoms with E-state index in [9.17, 15) is 9.59 Å². The lowest BCUT2D eigenvalue weighted by atomic mass is 10.2. The van der Waals surface area contributed by atoms with Crippen LogP contribution in [0, 0.1) is 11.3 Å². The van der Waals surface area contributed by atoms with Crippen LogP contribution in [0.25, 0.3) is 0 Å². The van der Waals surface area contributed by atoms with Crippen molar-refractivity contribution in [3.8, 4) is 6.07 Å². The number of amides is 2. The third-order valence-corrected chi connectivity index (χ3v) is 2.58. The third-order valence-electron chi connectivity index (χ3n) is 2.58. The van der Waals surface area contributed by atoms with Crippen molar-refractivity contribution in [3.05, 3.63) is 59.7 Å². The standard InChI is InChI=1S/C15H11N3O2/c16-9-11-1-5-13(6-2-11)17-15(20)18-14-7-3-12(10-19)4-8-14/h1-8,10H,(H2,17,18,20). The Morgan fingerprint density at radius 1 is 0.950 bits per heavy atom. The van der Waals surface area contributed by atoms with E-state index in [0.29, 0.717) is 22.5 Å². The Morgan fingerprint density at radius 2 is 1.45 bits per heavy atom. The maximum Gasteiger partial charge on any atom is 0.323 e. The summed E-state index contributed by atoms with van der Waals surface area (Å²) in [5.41, 5.74) is 2.25. The lowest BCUT2D eigenvalue weighted by molar-refractivity contribution is 0.112. The van der Waals surface area contributed by atoms with E-state index in [2.05, 4.69) is 10.6 Å². The van der Waals surface area contributed by atoms with Gasteiger partial charge in [-0.05, 0) is 48.5 Å². The first kappa shape index (κ1) is 13.3. The van der Waals surface area contributed by atoms with Gasteiger partial charge < -0.3 is 10.6 Å². The number of benzene rings is 2. The van der Waals surface area contributed by atoms with E-state index >= 15 is 0 Å². The Hall–Kier alpha value is -3.13. The molecule has 0 spiro atoms. The Kier molecular flexibility index (Phi) is 4.10. The molecule has 0 aliphatic carbocycles. The molecule has 0 aromatic heterocycles. The number of nitrogens with zero attached hydrogens (tertiary/aromatic N) is 1. The van der Waals surface area contributed by atoms with E-state index in [1.165, 1.54) is 0 Å². The van der Waals surface area contributed by atoms with Crippen LogP contribution in [0.1, 0.15) is 15.9 Å². The summed E-state index contributed by atoms with van der Waals surface area (Å²) in [5, 5.41) is 14.0. The summed E-state index contributed by atoms with van der Waals surface area (Å²) in [5.74, 6) is 0. The van der Waals surface area contributed by atoms with Crippen LogP contribution in [-0.4, -0.2) is 12.3 Å². The zero-order valence-electron chi connectivity index (χ0n) is 10.5. The third kappa shape index (κ3) is 3.43. The minimum absolute atomic E-state index is 0.395. The molecule has 2 amide bonds. The Bertz CT molecular complexity index is 655. The molecule has 2 N–H and O–H groups in total. The smallest absolute Gasteiger partial charge is 0.308 e. The van der Waals surface area contributed by atoms with Gasteiger partial charge in [-0.1, -0.05) is 0 Å². The summed E-state index contributed by atoms with van der Waals surface area (Å²) in [7, 11) is 0. The van der Waals surface area contributed by atoms with E-state index in [-0.39, 0.29) is 0 Å². The molecule has 5 heteroatoms. The van der Waals surface area contributed by atoms with Crippen molar-refractivity contribution in [2.45, 2.75) is 0 Å². The number of anilines is 2. The predicted molar refractivity (Wildman–Crippen MR) is 75.6 cm³/mol. The zero-order valence-corrected chi connectivity index (χ0v) is 10.5. The molecule has 0 radical (unpaired) electrons. The molecular formula is C15H11N3O2. The number of hydrogen-bond acceptors (Lipinski definition) is 3. The molecule has 0 aliphatic rings. The second-order valence-electron chi connectivity index (χ2n) is 4.01. The Balaban J connectivity index is 1.97. The zero-order chi connectivity index (χ0) is 14.4. The average Bonchev–Trinajstić information content (AvgIpc) is 2.49. The van der Waals surface area contributed by atoms with E-state index in [0.717, 1.165) is 6.29 Å². The number of carbonyl (C=O) groups is 2. The summed E-state index contributed by atoms with van der Waals surface area (Å²) >= 11 is 0. The molecule has 5 nitrogen and oxygen atoms in total. The molecule has 0 atom stereocenters. The maximum absolute atomic E-state index is 11.7. The summed E-state index contributed by atoms with van der Waals surface area (Å²) < 4.78 is 0. The van der Waals surface area contributed by atoms with Crippen LogP contribution in [0.5, 0.6) is 0 Å². The molecule has 98 valence electrons. The predicted octanol–water partition coefficient (Wildman–Crippen LogP) is 3.01. The fourth-order valence-corrected chi connectivity index (χ4v) is 1.57. The highest BCUT2D eigenvalue weighted by molar-refractivity contribution is 5.99. The van der Waals surface area contributed by atoms with Crippen LogP contribution in [0.2, 0.25) is 0 Å². The van der Waals surface area contributed by atoms with Crippen LogP contribution in [0.15, 0.2) is 48.5 Å². The summed E-state index contributed by atoms with van der Waals surface area (Å²) in [6, 6.07) is 14.7. The number of rotatable bonds is 3. The molecule has 0 saturated carbocycles. The van der Waals surface area contributed by atoms with Crippen molar-refractivity contribution < 1.29 is 9.59 Å². The van der Waals surface area contributed by atoms with E-state index in [4.69, 9.17) is 5.26 Å². The second-order valence-corrected chi connectivity index (χ2v) is 4.01. The molecule has 0 fully saturated rings. The summed E-state index contributed by atoms with van der Waals surface area (Å²) in [6.45, 7) is 0. The van der Waals surface area contributed by atoms with Gasteiger partial charge in [0.1, 0.15) is 6.29 Å². The summed E-state index contributed by atoms with van der Waals surface area (Å²) in [6.07, 6.45) is 0.737. The number of nitrogens with one attached hydrogen (secondary N) is 2. The van der Waals surface area contributed by atoms with Crippen LogP contribution < -0.4 is 10.6 Å². The van der Waals surface area contributed by atoms with E-state index in [1.807, 2.05) is 6.07 Å². The van der Waals surface area contributed by atoms with Crippen molar-refractivity contribution >= 4 is 23.7 Å². The first-order chi connectivity index (χ1) is 9.71. The highest BCUT2D eigenvalue weighted by Gasteiger charge is 2.02. The Morgan fingerprint density at radius 3 is 1.90 bits per heavy atom. The van der Waals surface area contributed by atoms with Crippen molar-refractivity contribution in [3.63, 3.8) is 0 Å². The summed E-state index contributed by atoms with van der Waals surface area (Å²) in [4.78, 5) is 22.2.